The molecule has 1 aliphatic rings. The molecule has 2 aromatic heterocycles. The maximum Gasteiger partial charge on any atom is 0.329 e. The van der Waals surface area contributed by atoms with Crippen LogP contribution in [0.25, 0.3) is 11.2 Å². The minimum absolute atomic E-state index is 0.0448. The number of nitrogens with zero attached hydrogens (tertiary/aromatic N) is 4. The van der Waals surface area contributed by atoms with Crippen molar-refractivity contribution in [3.63, 3.8) is 0 Å². The molecule has 5 rings (SSSR count). The minimum atomic E-state index is -4.28. The van der Waals surface area contributed by atoms with Crippen molar-refractivity contribution in [3.05, 3.63) is 72.8 Å². The summed E-state index contributed by atoms with van der Waals surface area (Å²) < 4.78 is 56.6. The van der Waals surface area contributed by atoms with Crippen LogP contribution < -0.4 is 5.32 Å². The smallest absolute Gasteiger partial charge is 0.329 e. The number of benzene rings is 2. The van der Waals surface area contributed by atoms with Gasteiger partial charge in [-0.05, 0) is 25.1 Å². The molecule has 0 bridgehead atoms. The number of sulfone groups is 1. The predicted molar refractivity (Wildman–Crippen MR) is 170 cm³/mol. The van der Waals surface area contributed by atoms with Crippen LogP contribution >= 0.6 is 0 Å². The van der Waals surface area contributed by atoms with Crippen molar-refractivity contribution in [1.29, 1.82) is 0 Å². The summed E-state index contributed by atoms with van der Waals surface area (Å²) in [5.41, 5.74) is 0.697. The van der Waals surface area contributed by atoms with Gasteiger partial charge in [-0.1, -0.05) is 36.4 Å². The molecule has 2 aromatic carbocycles. The average Bonchev–Trinajstić information content (AvgIpc) is 3.62. The maximum atomic E-state index is 13.8. The highest BCUT2D eigenvalue weighted by Crippen LogP contribution is 2.38. The summed E-state index contributed by atoms with van der Waals surface area (Å²) in [5.74, 6) is -2.80. The maximum absolute atomic E-state index is 13.8. The number of carbonyl (C=O) groups excluding carboxylic acids is 4. The lowest BCUT2D eigenvalue weighted by molar-refractivity contribution is -0.166. The molecule has 3 heterocycles. The Kier molecular flexibility index (Phi) is 10.5. The number of para-hydroxylation sites is 1. The van der Waals surface area contributed by atoms with Crippen LogP contribution in [0.15, 0.2) is 72.1 Å². The van der Waals surface area contributed by atoms with Crippen LogP contribution in [-0.2, 0) is 52.7 Å². The summed E-state index contributed by atoms with van der Waals surface area (Å²) in [4.78, 5) is 62.0. The number of fused-ring (bicyclic) bond motifs is 1. The van der Waals surface area contributed by atoms with E-state index in [1.54, 1.807) is 43.3 Å². The van der Waals surface area contributed by atoms with Gasteiger partial charge < -0.3 is 29.0 Å². The molecule has 1 fully saturated rings. The quantitative estimate of drug-likeness (QED) is 0.167. The fourth-order valence-corrected chi connectivity index (χ4v) is 7.07. The van der Waals surface area contributed by atoms with Gasteiger partial charge in [-0.2, -0.15) is 0 Å². The zero-order valence-corrected chi connectivity index (χ0v) is 27.7. The third-order valence-electron chi connectivity index (χ3n) is 7.35. The molecule has 0 spiro atoms. The number of esters is 4. The van der Waals surface area contributed by atoms with Crippen molar-refractivity contribution in [1.82, 2.24) is 19.5 Å². The monoisotopic (exact) mass is 695 g/mol. The second kappa shape index (κ2) is 14.8. The third-order valence-corrected chi connectivity index (χ3v) is 9.35. The van der Waals surface area contributed by atoms with Crippen molar-refractivity contribution in [2.45, 2.75) is 62.4 Å². The Morgan fingerprint density at radius 2 is 1.55 bits per heavy atom. The molecule has 1 aliphatic heterocycles. The first-order valence-electron chi connectivity index (χ1n) is 15.0. The molecule has 0 aliphatic carbocycles. The van der Waals surface area contributed by atoms with E-state index in [0.717, 1.165) is 0 Å². The molecular weight excluding hydrogens is 662 g/mol. The van der Waals surface area contributed by atoms with Crippen molar-refractivity contribution in [3.8, 4) is 0 Å². The summed E-state index contributed by atoms with van der Waals surface area (Å²) in [6.07, 6.45) is -1.95. The van der Waals surface area contributed by atoms with E-state index in [9.17, 15) is 27.6 Å². The molecule has 16 nitrogen and oxygen atoms in total. The molecule has 1 N–H and O–H groups in total. The number of hydrogen-bond donors (Lipinski definition) is 1. The fraction of sp³-hybridized carbons (Fsp3) is 0.344. The molecule has 0 saturated carbocycles. The number of aromatic nitrogens is 4. The Hall–Kier alpha value is -5.42. The summed E-state index contributed by atoms with van der Waals surface area (Å²) in [7, 11) is -4.28. The van der Waals surface area contributed by atoms with E-state index in [4.69, 9.17) is 23.7 Å². The molecule has 5 atom stereocenters. The molecule has 0 radical (unpaired) electrons. The van der Waals surface area contributed by atoms with Crippen LogP contribution in [0.5, 0.6) is 0 Å². The van der Waals surface area contributed by atoms with Crippen LogP contribution in [0.1, 0.15) is 44.7 Å². The van der Waals surface area contributed by atoms with E-state index in [2.05, 4.69) is 20.3 Å². The van der Waals surface area contributed by atoms with Gasteiger partial charge in [0.15, 0.2) is 50.5 Å². The lowest BCUT2D eigenvalue weighted by atomic mass is 10.1. The van der Waals surface area contributed by atoms with E-state index in [0.29, 0.717) is 0 Å². The SMILES string of the molecule is CCOC(=O)C(c1ccccc1Nc1ncnc2c1ncn2C1O[C@@H](COC(C)=O)[C@@H](OC(C)=O)[C@@H]1OC(C)=O)S(=O)(=O)c1ccccc1. The summed E-state index contributed by atoms with van der Waals surface area (Å²) in [5, 5.41) is 1.36. The number of carbonyl (C=O) groups is 4. The predicted octanol–water partition coefficient (Wildman–Crippen LogP) is 2.97. The van der Waals surface area contributed by atoms with Crippen LogP contribution in [-0.4, -0.2) is 83.3 Å². The fourth-order valence-electron chi connectivity index (χ4n) is 5.40. The van der Waals surface area contributed by atoms with Gasteiger partial charge in [-0.3, -0.25) is 23.7 Å². The largest absolute Gasteiger partial charge is 0.465 e. The van der Waals surface area contributed by atoms with Crippen molar-refractivity contribution >= 4 is 56.4 Å². The van der Waals surface area contributed by atoms with Crippen molar-refractivity contribution < 1.29 is 51.3 Å². The molecule has 2 unspecified atom stereocenters. The molecule has 0 amide bonds. The van der Waals surface area contributed by atoms with Crippen molar-refractivity contribution in [2.75, 3.05) is 18.5 Å². The molecule has 49 heavy (non-hydrogen) atoms. The van der Waals surface area contributed by atoms with Crippen LogP contribution in [0.2, 0.25) is 0 Å². The van der Waals surface area contributed by atoms with Gasteiger partial charge in [0.2, 0.25) is 0 Å². The van der Waals surface area contributed by atoms with Gasteiger partial charge in [0.1, 0.15) is 19.0 Å². The van der Waals surface area contributed by atoms with E-state index in [1.165, 1.54) is 56.2 Å². The first kappa shape index (κ1) is 34.9. The zero-order valence-electron chi connectivity index (χ0n) is 26.8. The van der Waals surface area contributed by atoms with E-state index in [-0.39, 0.29) is 46.3 Å². The van der Waals surface area contributed by atoms with Gasteiger partial charge in [-0.25, -0.2) is 23.4 Å². The Morgan fingerprint density at radius 1 is 0.878 bits per heavy atom. The first-order chi connectivity index (χ1) is 23.4. The molecule has 1 saturated heterocycles. The standard InChI is InChI=1S/C32H33N5O11S/c1-5-44-32(41)28(49(42,43)21-11-7-6-8-12-21)22-13-9-10-14-23(22)36-29-25-30(34-16-33-29)37(17-35-25)31-27(47-20(4)40)26(46-19(3)39)24(48-31)15-45-18(2)38/h6-14,16-17,24,26-28,31H,5,15H2,1-4H3,(H,33,34,36)/t24-,26+,27-,28?,31?/m0/s1. The molecule has 17 heteroatoms. The Balaban J connectivity index is 1.55. The summed E-state index contributed by atoms with van der Waals surface area (Å²) in [6.45, 7) is 4.78. The number of rotatable bonds is 12. The Bertz CT molecular complexity index is 1970. The molecular formula is C32H33N5O11S. The van der Waals surface area contributed by atoms with Gasteiger partial charge >= 0.3 is 23.9 Å². The molecule has 4 aromatic rings. The zero-order chi connectivity index (χ0) is 35.3. The Morgan fingerprint density at radius 3 is 2.22 bits per heavy atom. The summed E-state index contributed by atoms with van der Waals surface area (Å²) in [6, 6.07) is 13.9. The van der Waals surface area contributed by atoms with Gasteiger partial charge in [0.25, 0.3) is 0 Å². The topological polar surface area (TPSA) is 204 Å². The number of anilines is 2. The molecule has 258 valence electrons. The number of hydrogen-bond acceptors (Lipinski definition) is 15. The van der Waals surface area contributed by atoms with E-state index < -0.39 is 63.5 Å². The van der Waals surface area contributed by atoms with Crippen LogP contribution in [0.3, 0.4) is 0 Å². The van der Waals surface area contributed by atoms with Crippen LogP contribution in [0, 0.1) is 0 Å². The number of nitrogens with one attached hydrogen (secondary N) is 1. The minimum Gasteiger partial charge on any atom is -0.465 e. The van der Waals surface area contributed by atoms with Gasteiger partial charge in [0, 0.05) is 32.0 Å². The highest BCUT2D eigenvalue weighted by Gasteiger charge is 2.51. The lowest BCUT2D eigenvalue weighted by Gasteiger charge is -2.23. The van der Waals surface area contributed by atoms with Crippen LogP contribution in [0.4, 0.5) is 11.5 Å². The van der Waals surface area contributed by atoms with Gasteiger partial charge in [0.05, 0.1) is 17.8 Å². The normalized spacial score (nSPS) is 19.5. The second-order valence-corrected chi connectivity index (χ2v) is 12.8. The highest BCUT2D eigenvalue weighted by molar-refractivity contribution is 7.92. The van der Waals surface area contributed by atoms with E-state index in [1.807, 2.05) is 0 Å². The highest BCUT2D eigenvalue weighted by atomic mass is 32.2. The van der Waals surface area contributed by atoms with Gasteiger partial charge in [-0.15, -0.1) is 0 Å². The summed E-state index contributed by atoms with van der Waals surface area (Å²) >= 11 is 0. The first-order valence-corrected chi connectivity index (χ1v) is 16.6. The number of imidazole rings is 1. The number of ether oxygens (including phenoxy) is 5. The lowest BCUT2D eigenvalue weighted by Crippen LogP contribution is -2.40. The third kappa shape index (κ3) is 7.52. The Labute approximate surface area is 280 Å². The second-order valence-electron chi connectivity index (χ2n) is 10.8. The van der Waals surface area contributed by atoms with Crippen molar-refractivity contribution in [2.24, 2.45) is 0 Å². The van der Waals surface area contributed by atoms with E-state index >= 15 is 0 Å². The average molecular weight is 696 g/mol.